The second kappa shape index (κ2) is 4.98. The zero-order valence-electron chi connectivity index (χ0n) is 12.9. The Bertz CT molecular complexity index is 707. The van der Waals surface area contributed by atoms with Crippen LogP contribution in [0, 0.1) is 5.92 Å². The maximum absolute atomic E-state index is 12.1. The van der Waals surface area contributed by atoms with Gasteiger partial charge in [-0.15, -0.1) is 0 Å². The molecule has 0 atom stereocenters. The highest BCUT2D eigenvalue weighted by Crippen LogP contribution is 2.42. The molecule has 0 fully saturated rings. The van der Waals surface area contributed by atoms with E-state index < -0.39 is 15.4 Å². The molecule has 1 aromatic rings. The fraction of sp³-hybridized carbons (Fsp3) is 0.438. The van der Waals surface area contributed by atoms with Gasteiger partial charge < -0.3 is 4.74 Å². The molecule has 1 heterocycles. The molecule has 114 valence electrons. The van der Waals surface area contributed by atoms with E-state index in [9.17, 15) is 13.2 Å². The zero-order chi connectivity index (χ0) is 16.0. The number of carbonyl (C=O) groups is 1. The van der Waals surface area contributed by atoms with Crippen LogP contribution in [0.25, 0.3) is 5.57 Å². The molecule has 0 aromatic heterocycles. The Morgan fingerprint density at radius 1 is 1.10 bits per heavy atom. The van der Waals surface area contributed by atoms with Crippen LogP contribution in [0.3, 0.4) is 0 Å². The Morgan fingerprint density at radius 2 is 1.62 bits per heavy atom. The van der Waals surface area contributed by atoms with Gasteiger partial charge in [-0.05, 0) is 37.5 Å². The van der Waals surface area contributed by atoms with Gasteiger partial charge >= 0.3 is 5.97 Å². The number of hydrogen-bond acceptors (Lipinski definition) is 4. The largest absolute Gasteiger partial charge is 0.451 e. The minimum atomic E-state index is -3.23. The molecule has 0 spiro atoms. The van der Waals surface area contributed by atoms with Gasteiger partial charge in [0.1, 0.15) is 5.60 Å². The van der Waals surface area contributed by atoms with Gasteiger partial charge in [0, 0.05) is 17.4 Å². The van der Waals surface area contributed by atoms with Crippen molar-refractivity contribution < 1.29 is 17.9 Å². The molecule has 4 nitrogen and oxygen atoms in total. The van der Waals surface area contributed by atoms with Crippen LogP contribution in [0.2, 0.25) is 0 Å². The maximum Gasteiger partial charge on any atom is 0.335 e. The van der Waals surface area contributed by atoms with Gasteiger partial charge in [-0.1, -0.05) is 26.0 Å². The van der Waals surface area contributed by atoms with E-state index in [1.165, 1.54) is 6.26 Å². The van der Waals surface area contributed by atoms with E-state index in [0.717, 1.165) is 11.1 Å². The Kier molecular flexibility index (Phi) is 3.74. The molecule has 0 saturated carbocycles. The van der Waals surface area contributed by atoms with Crippen molar-refractivity contribution in [3.63, 3.8) is 0 Å². The average molecular weight is 308 g/mol. The van der Waals surface area contributed by atoms with Crippen LogP contribution in [0.5, 0.6) is 0 Å². The van der Waals surface area contributed by atoms with Crippen molar-refractivity contribution >= 4 is 21.4 Å². The van der Waals surface area contributed by atoms with E-state index in [2.05, 4.69) is 0 Å². The predicted octanol–water partition coefficient (Wildman–Crippen LogP) is 2.84. The van der Waals surface area contributed by atoms with Crippen LogP contribution in [-0.4, -0.2) is 26.2 Å². The maximum atomic E-state index is 12.1. The first-order valence-electron chi connectivity index (χ1n) is 6.82. The lowest BCUT2D eigenvalue weighted by molar-refractivity contribution is -0.144. The summed E-state index contributed by atoms with van der Waals surface area (Å²) < 4.78 is 28.5. The van der Waals surface area contributed by atoms with Crippen molar-refractivity contribution in [3.8, 4) is 0 Å². The average Bonchev–Trinajstić information content (AvgIpc) is 2.57. The fourth-order valence-electron chi connectivity index (χ4n) is 2.66. The van der Waals surface area contributed by atoms with Crippen LogP contribution in [0.4, 0.5) is 0 Å². The first-order valence-corrected chi connectivity index (χ1v) is 8.71. The highest BCUT2D eigenvalue weighted by molar-refractivity contribution is 7.90. The molecule has 0 unspecified atom stereocenters. The lowest BCUT2D eigenvalue weighted by atomic mass is 9.86. The Hall–Kier alpha value is -1.62. The van der Waals surface area contributed by atoms with Gasteiger partial charge in [-0.3, -0.25) is 0 Å². The molecule has 0 radical (unpaired) electrons. The summed E-state index contributed by atoms with van der Waals surface area (Å²) in [6.45, 7) is 7.59. The van der Waals surface area contributed by atoms with E-state index in [4.69, 9.17) is 4.74 Å². The van der Waals surface area contributed by atoms with Crippen molar-refractivity contribution in [2.45, 2.75) is 38.2 Å². The summed E-state index contributed by atoms with van der Waals surface area (Å²) in [6, 6.07) is 6.60. The SMILES string of the molecule is CC(C)C1=C(c2ccc(S(C)(=O)=O)cc2)C(C)(C)OC1=O. The van der Waals surface area contributed by atoms with Crippen LogP contribution >= 0.6 is 0 Å². The molecule has 0 saturated heterocycles. The highest BCUT2D eigenvalue weighted by Gasteiger charge is 2.41. The number of sulfone groups is 1. The molecule has 0 N–H and O–H groups in total. The number of cyclic esters (lactones) is 1. The molecule has 1 aromatic carbocycles. The summed E-state index contributed by atoms with van der Waals surface area (Å²) in [6.07, 6.45) is 1.17. The summed E-state index contributed by atoms with van der Waals surface area (Å²) in [5.74, 6) is -0.249. The molecule has 0 bridgehead atoms. The molecule has 0 amide bonds. The van der Waals surface area contributed by atoms with Gasteiger partial charge in [0.25, 0.3) is 0 Å². The predicted molar refractivity (Wildman–Crippen MR) is 81.5 cm³/mol. The molecule has 5 heteroatoms. The van der Waals surface area contributed by atoms with Crippen molar-refractivity contribution in [1.82, 2.24) is 0 Å². The number of rotatable bonds is 3. The Balaban J connectivity index is 2.60. The standard InChI is InChI=1S/C16H20O4S/c1-10(2)13-14(16(3,4)20-15(13)17)11-6-8-12(9-7-11)21(5,18)19/h6-10H,1-5H3. The number of esters is 1. The normalized spacial score (nSPS) is 18.3. The minimum absolute atomic E-state index is 0.0452. The van der Waals surface area contributed by atoms with E-state index in [-0.39, 0.29) is 16.8 Å². The molecule has 1 aliphatic rings. The smallest absolute Gasteiger partial charge is 0.335 e. The second-order valence-corrected chi connectivity index (χ2v) is 8.16. The third kappa shape index (κ3) is 2.88. The third-order valence-corrected chi connectivity index (χ3v) is 4.72. The van der Waals surface area contributed by atoms with Gasteiger partial charge in [-0.25, -0.2) is 13.2 Å². The number of ether oxygens (including phenoxy) is 1. The van der Waals surface area contributed by atoms with Gasteiger partial charge in [0.15, 0.2) is 9.84 Å². The van der Waals surface area contributed by atoms with Crippen LogP contribution in [-0.2, 0) is 19.4 Å². The Labute approximate surface area is 125 Å². The summed E-state index contributed by atoms with van der Waals surface area (Å²) in [4.78, 5) is 12.3. The van der Waals surface area contributed by atoms with Crippen molar-refractivity contribution in [2.24, 2.45) is 5.92 Å². The summed E-state index contributed by atoms with van der Waals surface area (Å²) >= 11 is 0. The van der Waals surface area contributed by atoms with Crippen LogP contribution in [0.1, 0.15) is 33.3 Å². The van der Waals surface area contributed by atoms with Crippen molar-refractivity contribution in [2.75, 3.05) is 6.26 Å². The first kappa shape index (κ1) is 15.8. The molecule has 1 aliphatic heterocycles. The van der Waals surface area contributed by atoms with E-state index in [1.807, 2.05) is 27.7 Å². The zero-order valence-corrected chi connectivity index (χ0v) is 13.7. The minimum Gasteiger partial charge on any atom is -0.451 e. The Morgan fingerprint density at radius 3 is 2.05 bits per heavy atom. The number of carbonyl (C=O) groups excluding carboxylic acids is 1. The quantitative estimate of drug-likeness (QED) is 0.806. The van der Waals surface area contributed by atoms with Crippen LogP contribution in [0.15, 0.2) is 34.7 Å². The van der Waals surface area contributed by atoms with Gasteiger partial charge in [-0.2, -0.15) is 0 Å². The summed E-state index contributed by atoms with van der Waals surface area (Å²) in [5.41, 5.74) is 1.61. The fourth-order valence-corrected chi connectivity index (χ4v) is 3.29. The van der Waals surface area contributed by atoms with E-state index >= 15 is 0 Å². The highest BCUT2D eigenvalue weighted by atomic mass is 32.2. The summed E-state index contributed by atoms with van der Waals surface area (Å²) in [5, 5.41) is 0. The van der Waals surface area contributed by atoms with Crippen LogP contribution < -0.4 is 0 Å². The lowest BCUT2D eigenvalue weighted by Crippen LogP contribution is -2.22. The lowest BCUT2D eigenvalue weighted by Gasteiger charge is -2.22. The van der Waals surface area contributed by atoms with E-state index in [1.54, 1.807) is 24.3 Å². The second-order valence-electron chi connectivity index (χ2n) is 6.14. The number of benzene rings is 1. The molecule has 21 heavy (non-hydrogen) atoms. The topological polar surface area (TPSA) is 60.4 Å². The first-order chi connectivity index (χ1) is 9.54. The summed E-state index contributed by atoms with van der Waals surface area (Å²) in [7, 11) is -3.23. The molecular weight excluding hydrogens is 288 g/mol. The van der Waals surface area contributed by atoms with Gasteiger partial charge in [0.2, 0.25) is 0 Å². The van der Waals surface area contributed by atoms with Gasteiger partial charge in [0.05, 0.1) is 4.90 Å². The number of hydrogen-bond donors (Lipinski definition) is 0. The molecular formula is C16H20O4S. The van der Waals surface area contributed by atoms with Crippen molar-refractivity contribution in [3.05, 3.63) is 35.4 Å². The monoisotopic (exact) mass is 308 g/mol. The van der Waals surface area contributed by atoms with Crippen molar-refractivity contribution in [1.29, 1.82) is 0 Å². The molecule has 0 aliphatic carbocycles. The molecule has 2 rings (SSSR count). The van der Waals surface area contributed by atoms with E-state index in [0.29, 0.717) is 5.57 Å². The third-order valence-electron chi connectivity index (χ3n) is 3.59.